The molecule has 0 spiro atoms. The van der Waals surface area contributed by atoms with Crippen LogP contribution in [0.15, 0.2) is 34.2 Å². The van der Waals surface area contributed by atoms with Crippen molar-refractivity contribution in [3.63, 3.8) is 0 Å². The van der Waals surface area contributed by atoms with E-state index in [-0.39, 0.29) is 12.5 Å². The van der Waals surface area contributed by atoms with E-state index in [2.05, 4.69) is 31.5 Å². The van der Waals surface area contributed by atoms with Gasteiger partial charge in [-0.05, 0) is 40.5 Å². The molecule has 0 atom stereocenters. The molecule has 18 heavy (non-hydrogen) atoms. The van der Waals surface area contributed by atoms with E-state index in [9.17, 15) is 4.79 Å². The standard InChI is InChI=1S/C12H12BrN3OS/c1-8-2-3-10(9(13)6-8)16-11(17)7-15-12-14-4-5-18-12/h2-6H,7H2,1H3,(H,14,15)(H,16,17). The van der Waals surface area contributed by atoms with Gasteiger partial charge >= 0.3 is 0 Å². The average Bonchev–Trinajstić information content (AvgIpc) is 2.83. The molecule has 94 valence electrons. The van der Waals surface area contributed by atoms with E-state index in [0.717, 1.165) is 20.9 Å². The van der Waals surface area contributed by atoms with Gasteiger partial charge in [0, 0.05) is 16.0 Å². The summed E-state index contributed by atoms with van der Waals surface area (Å²) in [5.74, 6) is -0.102. The van der Waals surface area contributed by atoms with Gasteiger partial charge in [-0.25, -0.2) is 4.98 Å². The molecule has 0 saturated carbocycles. The van der Waals surface area contributed by atoms with Gasteiger partial charge in [0.05, 0.1) is 12.2 Å². The predicted molar refractivity (Wildman–Crippen MR) is 78.1 cm³/mol. The number of anilines is 2. The summed E-state index contributed by atoms with van der Waals surface area (Å²) in [6.45, 7) is 2.20. The number of carbonyl (C=O) groups excluding carboxylic acids is 1. The number of halogens is 1. The van der Waals surface area contributed by atoms with E-state index >= 15 is 0 Å². The summed E-state index contributed by atoms with van der Waals surface area (Å²) in [6, 6.07) is 5.79. The molecule has 0 aliphatic rings. The van der Waals surface area contributed by atoms with Crippen LogP contribution in [0.3, 0.4) is 0 Å². The van der Waals surface area contributed by atoms with Crippen molar-refractivity contribution in [2.75, 3.05) is 17.2 Å². The molecular formula is C12H12BrN3OS. The number of hydrogen-bond donors (Lipinski definition) is 2. The van der Waals surface area contributed by atoms with E-state index < -0.39 is 0 Å². The highest BCUT2D eigenvalue weighted by Crippen LogP contribution is 2.23. The summed E-state index contributed by atoms with van der Waals surface area (Å²) < 4.78 is 0.880. The van der Waals surface area contributed by atoms with Crippen molar-refractivity contribution in [1.29, 1.82) is 0 Å². The van der Waals surface area contributed by atoms with Crippen LogP contribution in [0.1, 0.15) is 5.56 Å². The molecule has 0 unspecified atom stereocenters. The Labute approximate surface area is 118 Å². The summed E-state index contributed by atoms with van der Waals surface area (Å²) in [7, 11) is 0. The fraction of sp³-hybridized carbons (Fsp3) is 0.167. The van der Waals surface area contributed by atoms with Gasteiger partial charge in [-0.15, -0.1) is 11.3 Å². The minimum Gasteiger partial charge on any atom is -0.352 e. The molecule has 2 aromatic rings. The molecule has 1 heterocycles. The third-order valence-corrected chi connectivity index (χ3v) is 3.62. The van der Waals surface area contributed by atoms with Gasteiger partial charge in [0.15, 0.2) is 5.13 Å². The van der Waals surface area contributed by atoms with Gasteiger partial charge in [0.1, 0.15) is 0 Å². The second-order valence-electron chi connectivity index (χ2n) is 3.72. The average molecular weight is 326 g/mol. The van der Waals surface area contributed by atoms with Gasteiger partial charge in [0.25, 0.3) is 0 Å². The molecule has 0 aliphatic carbocycles. The van der Waals surface area contributed by atoms with E-state index in [1.54, 1.807) is 6.20 Å². The lowest BCUT2D eigenvalue weighted by Crippen LogP contribution is -2.21. The molecule has 2 N–H and O–H groups in total. The first-order chi connectivity index (χ1) is 8.65. The van der Waals surface area contributed by atoms with Crippen molar-refractivity contribution in [2.24, 2.45) is 0 Å². The summed E-state index contributed by atoms with van der Waals surface area (Å²) in [6.07, 6.45) is 1.70. The third kappa shape index (κ3) is 3.54. The molecule has 0 saturated heterocycles. The zero-order valence-corrected chi connectivity index (χ0v) is 12.1. The summed E-state index contributed by atoms with van der Waals surface area (Å²) in [4.78, 5) is 15.8. The lowest BCUT2D eigenvalue weighted by Gasteiger charge is -2.08. The summed E-state index contributed by atoms with van der Waals surface area (Å²) in [5, 5.41) is 8.39. The molecular weight excluding hydrogens is 314 g/mol. The van der Waals surface area contributed by atoms with E-state index in [1.807, 2.05) is 30.5 Å². The van der Waals surface area contributed by atoms with Crippen molar-refractivity contribution < 1.29 is 4.79 Å². The van der Waals surface area contributed by atoms with Gasteiger partial charge in [0.2, 0.25) is 5.91 Å². The molecule has 1 aromatic carbocycles. The van der Waals surface area contributed by atoms with Crippen LogP contribution in [0.4, 0.5) is 10.8 Å². The molecule has 0 bridgehead atoms. The normalized spacial score (nSPS) is 10.1. The molecule has 1 aromatic heterocycles. The van der Waals surface area contributed by atoms with Crippen LogP contribution in [-0.2, 0) is 4.79 Å². The maximum atomic E-state index is 11.7. The molecule has 0 radical (unpaired) electrons. The Morgan fingerprint density at radius 2 is 2.33 bits per heavy atom. The van der Waals surface area contributed by atoms with Crippen LogP contribution in [0.25, 0.3) is 0 Å². The van der Waals surface area contributed by atoms with Crippen LogP contribution in [0, 0.1) is 6.92 Å². The molecule has 0 fully saturated rings. The predicted octanol–water partition coefficient (Wildman–Crippen LogP) is 3.26. The highest BCUT2D eigenvalue weighted by atomic mass is 79.9. The third-order valence-electron chi connectivity index (χ3n) is 2.23. The number of hydrogen-bond acceptors (Lipinski definition) is 4. The number of nitrogens with zero attached hydrogens (tertiary/aromatic N) is 1. The van der Waals surface area contributed by atoms with Crippen LogP contribution < -0.4 is 10.6 Å². The van der Waals surface area contributed by atoms with Crippen molar-refractivity contribution >= 4 is 44.0 Å². The zero-order chi connectivity index (χ0) is 13.0. The molecule has 6 heteroatoms. The number of benzene rings is 1. The monoisotopic (exact) mass is 325 g/mol. The minimum absolute atomic E-state index is 0.102. The van der Waals surface area contributed by atoms with E-state index in [0.29, 0.717) is 0 Å². The Morgan fingerprint density at radius 3 is 3.00 bits per heavy atom. The Hall–Kier alpha value is -1.40. The first-order valence-electron chi connectivity index (χ1n) is 5.34. The Bertz CT molecular complexity index is 542. The van der Waals surface area contributed by atoms with Crippen molar-refractivity contribution in [1.82, 2.24) is 4.98 Å². The largest absolute Gasteiger partial charge is 0.352 e. The molecule has 4 nitrogen and oxygen atoms in total. The van der Waals surface area contributed by atoms with Crippen molar-refractivity contribution in [2.45, 2.75) is 6.92 Å². The maximum Gasteiger partial charge on any atom is 0.243 e. The number of carbonyl (C=O) groups is 1. The number of aromatic nitrogens is 1. The van der Waals surface area contributed by atoms with Gasteiger partial charge in [-0.1, -0.05) is 6.07 Å². The second kappa shape index (κ2) is 5.97. The van der Waals surface area contributed by atoms with Gasteiger partial charge in [-0.2, -0.15) is 0 Å². The first-order valence-corrected chi connectivity index (χ1v) is 7.02. The Kier molecular flexibility index (Phi) is 4.33. The lowest BCUT2D eigenvalue weighted by atomic mass is 10.2. The number of rotatable bonds is 4. The van der Waals surface area contributed by atoms with Crippen LogP contribution in [-0.4, -0.2) is 17.4 Å². The topological polar surface area (TPSA) is 54.0 Å². The highest BCUT2D eigenvalue weighted by molar-refractivity contribution is 9.10. The molecule has 1 amide bonds. The SMILES string of the molecule is Cc1ccc(NC(=O)CNc2nccs2)c(Br)c1. The van der Waals surface area contributed by atoms with E-state index in [4.69, 9.17) is 0 Å². The molecule has 2 rings (SSSR count). The summed E-state index contributed by atoms with van der Waals surface area (Å²) in [5.41, 5.74) is 1.91. The van der Waals surface area contributed by atoms with Crippen LogP contribution >= 0.6 is 27.3 Å². The highest BCUT2D eigenvalue weighted by Gasteiger charge is 2.06. The number of thiazole rings is 1. The Morgan fingerprint density at radius 1 is 1.50 bits per heavy atom. The second-order valence-corrected chi connectivity index (χ2v) is 5.47. The fourth-order valence-electron chi connectivity index (χ4n) is 1.38. The Balaban J connectivity index is 1.91. The van der Waals surface area contributed by atoms with Crippen LogP contribution in [0.2, 0.25) is 0 Å². The minimum atomic E-state index is -0.102. The first kappa shape index (κ1) is 13.0. The van der Waals surface area contributed by atoms with Gasteiger partial charge in [-0.3, -0.25) is 4.79 Å². The smallest absolute Gasteiger partial charge is 0.243 e. The zero-order valence-electron chi connectivity index (χ0n) is 9.74. The number of amides is 1. The maximum absolute atomic E-state index is 11.7. The fourth-order valence-corrected chi connectivity index (χ4v) is 2.50. The number of nitrogens with one attached hydrogen (secondary N) is 2. The summed E-state index contributed by atoms with van der Waals surface area (Å²) >= 11 is 4.88. The molecule has 0 aliphatic heterocycles. The van der Waals surface area contributed by atoms with Crippen molar-refractivity contribution in [3.05, 3.63) is 39.8 Å². The van der Waals surface area contributed by atoms with Crippen LogP contribution in [0.5, 0.6) is 0 Å². The van der Waals surface area contributed by atoms with E-state index in [1.165, 1.54) is 11.3 Å². The van der Waals surface area contributed by atoms with Gasteiger partial charge < -0.3 is 10.6 Å². The quantitative estimate of drug-likeness (QED) is 0.907. The lowest BCUT2D eigenvalue weighted by molar-refractivity contribution is -0.114. The number of aryl methyl sites for hydroxylation is 1. The van der Waals surface area contributed by atoms with Crippen molar-refractivity contribution in [3.8, 4) is 0 Å².